The van der Waals surface area contributed by atoms with Crippen molar-refractivity contribution < 1.29 is 13.2 Å². The van der Waals surface area contributed by atoms with E-state index in [9.17, 15) is 13.2 Å². The SMILES string of the molecule is CN(Cc1ccc(S(=O)(=O)N2CCCCC2)cc1)C(=O)n1ccc2ccccc21. The van der Waals surface area contributed by atoms with Crippen molar-refractivity contribution in [2.75, 3.05) is 20.1 Å². The van der Waals surface area contributed by atoms with Crippen molar-refractivity contribution in [1.29, 1.82) is 0 Å². The van der Waals surface area contributed by atoms with E-state index in [2.05, 4.69) is 0 Å². The van der Waals surface area contributed by atoms with Crippen LogP contribution in [0.4, 0.5) is 4.79 Å². The zero-order valence-electron chi connectivity index (χ0n) is 16.5. The summed E-state index contributed by atoms with van der Waals surface area (Å²) in [5, 5.41) is 1.02. The summed E-state index contributed by atoms with van der Waals surface area (Å²) in [5.74, 6) is 0. The Morgan fingerprint density at radius 1 is 0.966 bits per heavy atom. The lowest BCUT2D eigenvalue weighted by Crippen LogP contribution is -2.35. The maximum atomic E-state index is 12.8. The van der Waals surface area contributed by atoms with Crippen molar-refractivity contribution in [3.8, 4) is 0 Å². The Labute approximate surface area is 171 Å². The molecule has 1 saturated heterocycles. The average molecular weight is 412 g/mol. The number of carbonyl (C=O) groups is 1. The van der Waals surface area contributed by atoms with E-state index in [1.165, 1.54) is 0 Å². The molecular weight excluding hydrogens is 386 g/mol. The summed E-state index contributed by atoms with van der Waals surface area (Å²) in [6.07, 6.45) is 4.69. The molecular formula is C22H25N3O3S. The molecule has 0 unspecified atom stereocenters. The Hall–Kier alpha value is -2.64. The molecule has 0 saturated carbocycles. The molecule has 0 bridgehead atoms. The predicted octanol–water partition coefficient (Wildman–Crippen LogP) is 3.92. The van der Waals surface area contributed by atoms with E-state index in [0.717, 1.165) is 35.7 Å². The lowest BCUT2D eigenvalue weighted by molar-refractivity contribution is 0.209. The van der Waals surface area contributed by atoms with Gasteiger partial charge in [-0.15, -0.1) is 0 Å². The summed E-state index contributed by atoms with van der Waals surface area (Å²) in [4.78, 5) is 14.8. The number of aromatic nitrogens is 1. The van der Waals surface area contributed by atoms with Gasteiger partial charge >= 0.3 is 6.03 Å². The third kappa shape index (κ3) is 3.93. The fourth-order valence-electron chi connectivity index (χ4n) is 3.80. The number of amides is 1. The molecule has 1 amide bonds. The van der Waals surface area contributed by atoms with E-state index in [4.69, 9.17) is 0 Å². The molecule has 0 radical (unpaired) electrons. The monoisotopic (exact) mass is 411 g/mol. The normalized spacial score (nSPS) is 15.5. The number of fused-ring (bicyclic) bond motifs is 1. The molecule has 29 heavy (non-hydrogen) atoms. The first-order chi connectivity index (χ1) is 14.0. The first kappa shape index (κ1) is 19.7. The number of nitrogens with zero attached hydrogens (tertiary/aromatic N) is 3. The van der Waals surface area contributed by atoms with Gasteiger partial charge in [-0.2, -0.15) is 4.31 Å². The van der Waals surface area contributed by atoms with E-state index in [0.29, 0.717) is 24.5 Å². The summed E-state index contributed by atoms with van der Waals surface area (Å²) in [5.41, 5.74) is 1.75. The first-order valence-corrected chi connectivity index (χ1v) is 11.3. The van der Waals surface area contributed by atoms with Crippen LogP contribution in [0.3, 0.4) is 0 Å². The summed E-state index contributed by atoms with van der Waals surface area (Å²) in [6.45, 7) is 1.58. The second-order valence-electron chi connectivity index (χ2n) is 7.49. The van der Waals surface area contributed by atoms with Gasteiger partial charge in [0.25, 0.3) is 0 Å². The minimum absolute atomic E-state index is 0.129. The van der Waals surface area contributed by atoms with E-state index in [1.807, 2.05) is 30.3 Å². The fraction of sp³-hybridized carbons (Fsp3) is 0.318. The minimum atomic E-state index is -3.43. The van der Waals surface area contributed by atoms with Crippen LogP contribution >= 0.6 is 0 Å². The van der Waals surface area contributed by atoms with Gasteiger partial charge in [-0.05, 0) is 42.7 Å². The van der Waals surface area contributed by atoms with Crippen LogP contribution in [0.5, 0.6) is 0 Å². The molecule has 0 atom stereocenters. The van der Waals surface area contributed by atoms with Crippen molar-refractivity contribution in [3.63, 3.8) is 0 Å². The Morgan fingerprint density at radius 2 is 1.66 bits per heavy atom. The van der Waals surface area contributed by atoms with Gasteiger partial charge in [0, 0.05) is 38.3 Å². The number of piperidine rings is 1. The topological polar surface area (TPSA) is 62.6 Å². The van der Waals surface area contributed by atoms with Gasteiger partial charge in [0.1, 0.15) is 0 Å². The van der Waals surface area contributed by atoms with Crippen molar-refractivity contribution in [3.05, 3.63) is 66.4 Å². The molecule has 6 nitrogen and oxygen atoms in total. The Bertz CT molecular complexity index is 1110. The molecule has 1 aliphatic heterocycles. The average Bonchev–Trinajstić information content (AvgIpc) is 3.18. The van der Waals surface area contributed by atoms with Gasteiger partial charge in [0.2, 0.25) is 10.0 Å². The smallest absolute Gasteiger partial charge is 0.323 e. The zero-order chi connectivity index (χ0) is 20.4. The number of sulfonamides is 1. The Kier molecular flexibility index (Phi) is 5.43. The summed E-state index contributed by atoms with van der Waals surface area (Å²) in [7, 11) is -1.69. The van der Waals surface area contributed by atoms with Crippen LogP contribution in [-0.4, -0.2) is 48.4 Å². The largest absolute Gasteiger partial charge is 0.328 e. The molecule has 7 heteroatoms. The molecule has 2 heterocycles. The number of rotatable bonds is 4. The lowest BCUT2D eigenvalue weighted by Gasteiger charge is -2.26. The summed E-state index contributed by atoms with van der Waals surface area (Å²) in [6, 6.07) is 16.4. The van der Waals surface area contributed by atoms with Gasteiger partial charge in [-0.3, -0.25) is 4.57 Å². The minimum Gasteiger partial charge on any atom is -0.323 e. The molecule has 4 rings (SSSR count). The molecule has 1 fully saturated rings. The number of hydrogen-bond donors (Lipinski definition) is 0. The van der Waals surface area contributed by atoms with Crippen LogP contribution in [0.25, 0.3) is 10.9 Å². The Balaban J connectivity index is 1.47. The maximum Gasteiger partial charge on any atom is 0.328 e. The van der Waals surface area contributed by atoms with Gasteiger partial charge in [-0.25, -0.2) is 13.2 Å². The van der Waals surface area contributed by atoms with Gasteiger partial charge < -0.3 is 4.90 Å². The highest BCUT2D eigenvalue weighted by atomic mass is 32.2. The van der Waals surface area contributed by atoms with E-state index in [-0.39, 0.29) is 6.03 Å². The van der Waals surface area contributed by atoms with Crippen molar-refractivity contribution in [1.82, 2.24) is 13.8 Å². The molecule has 2 aromatic carbocycles. The third-order valence-electron chi connectivity index (χ3n) is 5.43. The predicted molar refractivity (Wildman–Crippen MR) is 113 cm³/mol. The second-order valence-corrected chi connectivity index (χ2v) is 9.43. The summed E-state index contributed by atoms with van der Waals surface area (Å²) >= 11 is 0. The zero-order valence-corrected chi connectivity index (χ0v) is 17.3. The molecule has 0 spiro atoms. The van der Waals surface area contributed by atoms with E-state index in [1.54, 1.807) is 51.3 Å². The van der Waals surface area contributed by atoms with Crippen LogP contribution < -0.4 is 0 Å². The Morgan fingerprint density at radius 3 is 2.38 bits per heavy atom. The van der Waals surface area contributed by atoms with Gasteiger partial charge in [0.05, 0.1) is 10.4 Å². The molecule has 1 aliphatic rings. The van der Waals surface area contributed by atoms with Gasteiger partial charge in [0.15, 0.2) is 0 Å². The quantitative estimate of drug-likeness (QED) is 0.654. The van der Waals surface area contributed by atoms with Gasteiger partial charge in [-0.1, -0.05) is 36.8 Å². The molecule has 0 aliphatic carbocycles. The first-order valence-electron chi connectivity index (χ1n) is 9.87. The lowest BCUT2D eigenvalue weighted by atomic mass is 10.2. The van der Waals surface area contributed by atoms with Crippen LogP contribution in [0.2, 0.25) is 0 Å². The number of hydrogen-bond acceptors (Lipinski definition) is 3. The number of benzene rings is 2. The van der Waals surface area contributed by atoms with Crippen LogP contribution in [0, 0.1) is 0 Å². The maximum absolute atomic E-state index is 12.8. The molecule has 3 aromatic rings. The number of carbonyl (C=O) groups excluding carboxylic acids is 1. The highest BCUT2D eigenvalue weighted by Crippen LogP contribution is 2.21. The highest BCUT2D eigenvalue weighted by Gasteiger charge is 2.25. The van der Waals surface area contributed by atoms with Crippen molar-refractivity contribution in [2.45, 2.75) is 30.7 Å². The van der Waals surface area contributed by atoms with Crippen LogP contribution in [-0.2, 0) is 16.6 Å². The van der Waals surface area contributed by atoms with E-state index < -0.39 is 10.0 Å². The van der Waals surface area contributed by atoms with Crippen LogP contribution in [0.1, 0.15) is 24.8 Å². The van der Waals surface area contributed by atoms with Crippen molar-refractivity contribution in [2.24, 2.45) is 0 Å². The standard InChI is InChI=1S/C22H25N3O3S/c1-23(22(26)25-16-13-19-7-3-4-8-21(19)25)17-18-9-11-20(12-10-18)29(27,28)24-14-5-2-6-15-24/h3-4,7-13,16H,2,5-6,14-15,17H2,1H3. The fourth-order valence-corrected chi connectivity index (χ4v) is 5.31. The summed E-state index contributed by atoms with van der Waals surface area (Å²) < 4.78 is 28.7. The number of para-hydroxylation sites is 1. The molecule has 0 N–H and O–H groups in total. The molecule has 1 aromatic heterocycles. The van der Waals surface area contributed by atoms with Crippen molar-refractivity contribution >= 4 is 27.0 Å². The third-order valence-corrected chi connectivity index (χ3v) is 7.34. The van der Waals surface area contributed by atoms with Crippen LogP contribution in [0.15, 0.2) is 65.7 Å². The highest BCUT2D eigenvalue weighted by molar-refractivity contribution is 7.89. The second kappa shape index (κ2) is 8.00. The van der Waals surface area contributed by atoms with E-state index >= 15 is 0 Å². The molecule has 152 valence electrons.